The number of nitrogens with one attached hydrogen (secondary N) is 2. The van der Waals surface area contributed by atoms with Gasteiger partial charge in [0.1, 0.15) is 6.42 Å². The lowest BCUT2D eigenvalue weighted by Crippen LogP contribution is -2.27. The van der Waals surface area contributed by atoms with Gasteiger partial charge in [-0.3, -0.25) is 9.59 Å². The van der Waals surface area contributed by atoms with E-state index in [4.69, 9.17) is 34.8 Å². The molecule has 0 aliphatic carbocycles. The van der Waals surface area contributed by atoms with Gasteiger partial charge in [-0.25, -0.2) is 0 Å². The number of hydrogen-bond acceptors (Lipinski definition) is 2. The molecule has 23 heavy (non-hydrogen) atoms. The molecule has 0 bridgehead atoms. The molecular weight excluding hydrogens is 359 g/mol. The van der Waals surface area contributed by atoms with E-state index < -0.39 is 11.8 Å². The molecule has 0 radical (unpaired) electrons. The first-order valence-electron chi connectivity index (χ1n) is 6.71. The fourth-order valence-electron chi connectivity index (χ4n) is 1.84. The second-order valence-corrected chi connectivity index (χ2v) is 5.89. The molecule has 7 heteroatoms. The number of benzene rings is 2. The Balaban J connectivity index is 1.86. The van der Waals surface area contributed by atoms with Gasteiger partial charge >= 0.3 is 0 Å². The normalized spacial score (nSPS) is 10.2. The summed E-state index contributed by atoms with van der Waals surface area (Å²) in [7, 11) is 0. The third-order valence-corrected chi connectivity index (χ3v) is 4.17. The molecule has 2 aromatic carbocycles. The molecule has 0 fully saturated rings. The van der Waals surface area contributed by atoms with Crippen molar-refractivity contribution in [3.05, 3.63) is 63.1 Å². The average molecular weight is 372 g/mol. The first-order valence-corrected chi connectivity index (χ1v) is 7.84. The van der Waals surface area contributed by atoms with Gasteiger partial charge in [0, 0.05) is 11.6 Å². The zero-order valence-corrected chi connectivity index (χ0v) is 14.2. The summed E-state index contributed by atoms with van der Waals surface area (Å²) in [4.78, 5) is 23.7. The predicted octanol–water partition coefficient (Wildman–Crippen LogP) is 4.29. The van der Waals surface area contributed by atoms with Crippen molar-refractivity contribution < 1.29 is 9.59 Å². The molecular formula is C16H13Cl3N2O2. The fraction of sp³-hybridized carbons (Fsp3) is 0.125. The Kier molecular flexibility index (Phi) is 6.28. The molecule has 2 aromatic rings. The molecule has 4 nitrogen and oxygen atoms in total. The maximum atomic E-state index is 11.9. The van der Waals surface area contributed by atoms with Crippen molar-refractivity contribution >= 4 is 52.3 Å². The SMILES string of the molecule is O=C(CC(=O)Nc1cccc(Cl)c1Cl)NCc1ccccc1Cl. The van der Waals surface area contributed by atoms with Crippen molar-refractivity contribution in [2.45, 2.75) is 13.0 Å². The maximum absolute atomic E-state index is 11.9. The molecule has 0 spiro atoms. The number of halogens is 3. The van der Waals surface area contributed by atoms with Gasteiger partial charge in [-0.2, -0.15) is 0 Å². The second kappa shape index (κ2) is 8.20. The van der Waals surface area contributed by atoms with E-state index in [9.17, 15) is 9.59 Å². The third kappa shape index (κ3) is 5.13. The molecule has 0 saturated heterocycles. The van der Waals surface area contributed by atoms with Gasteiger partial charge in [0.25, 0.3) is 0 Å². The van der Waals surface area contributed by atoms with Gasteiger partial charge in [0.05, 0.1) is 15.7 Å². The third-order valence-electron chi connectivity index (χ3n) is 2.98. The van der Waals surface area contributed by atoms with Crippen LogP contribution in [0.5, 0.6) is 0 Å². The number of amides is 2. The van der Waals surface area contributed by atoms with E-state index in [-0.39, 0.29) is 18.0 Å². The van der Waals surface area contributed by atoms with E-state index in [1.807, 2.05) is 6.07 Å². The van der Waals surface area contributed by atoms with E-state index in [2.05, 4.69) is 10.6 Å². The summed E-state index contributed by atoms with van der Waals surface area (Å²) < 4.78 is 0. The Labute approximate surface area is 148 Å². The summed E-state index contributed by atoms with van der Waals surface area (Å²) in [6, 6.07) is 12.0. The van der Waals surface area contributed by atoms with Crippen LogP contribution in [0.4, 0.5) is 5.69 Å². The Morgan fingerprint density at radius 3 is 2.30 bits per heavy atom. The zero-order valence-electron chi connectivity index (χ0n) is 11.9. The summed E-state index contributed by atoms with van der Waals surface area (Å²) in [6.45, 7) is 0.254. The minimum absolute atomic E-state index is 0.235. The Morgan fingerprint density at radius 1 is 0.870 bits per heavy atom. The van der Waals surface area contributed by atoms with Crippen molar-refractivity contribution in [1.82, 2.24) is 5.32 Å². The van der Waals surface area contributed by atoms with Crippen LogP contribution >= 0.6 is 34.8 Å². The van der Waals surface area contributed by atoms with Crippen LogP contribution in [0.25, 0.3) is 0 Å². The summed E-state index contributed by atoms with van der Waals surface area (Å²) in [5, 5.41) is 6.31. The van der Waals surface area contributed by atoms with Gasteiger partial charge in [-0.15, -0.1) is 0 Å². The molecule has 0 unspecified atom stereocenters. The average Bonchev–Trinajstić information content (AvgIpc) is 2.51. The first kappa shape index (κ1) is 17.6. The van der Waals surface area contributed by atoms with Gasteiger partial charge in [0.15, 0.2) is 0 Å². The van der Waals surface area contributed by atoms with Crippen LogP contribution in [0.3, 0.4) is 0 Å². The lowest BCUT2D eigenvalue weighted by atomic mass is 10.2. The molecule has 120 valence electrons. The molecule has 2 amide bonds. The van der Waals surface area contributed by atoms with Crippen molar-refractivity contribution in [2.24, 2.45) is 0 Å². The smallest absolute Gasteiger partial charge is 0.233 e. The Morgan fingerprint density at radius 2 is 1.57 bits per heavy atom. The van der Waals surface area contributed by atoms with Crippen molar-refractivity contribution in [3.63, 3.8) is 0 Å². The van der Waals surface area contributed by atoms with Crippen molar-refractivity contribution in [1.29, 1.82) is 0 Å². The van der Waals surface area contributed by atoms with Gasteiger partial charge in [-0.1, -0.05) is 59.1 Å². The largest absolute Gasteiger partial charge is 0.352 e. The van der Waals surface area contributed by atoms with Crippen LogP contribution in [-0.2, 0) is 16.1 Å². The van der Waals surface area contributed by atoms with Crippen LogP contribution in [-0.4, -0.2) is 11.8 Å². The quantitative estimate of drug-likeness (QED) is 0.770. The summed E-state index contributed by atoms with van der Waals surface area (Å²) >= 11 is 17.8. The standard InChI is InChI=1S/C16H13Cl3N2O2/c17-11-5-2-1-4-10(11)9-20-14(22)8-15(23)21-13-7-3-6-12(18)16(13)19/h1-7H,8-9H2,(H,20,22)(H,21,23). The van der Waals surface area contributed by atoms with Gasteiger partial charge in [0.2, 0.25) is 11.8 Å². The highest BCUT2D eigenvalue weighted by molar-refractivity contribution is 6.44. The zero-order chi connectivity index (χ0) is 16.8. The molecule has 2 rings (SSSR count). The van der Waals surface area contributed by atoms with E-state index in [1.165, 1.54) is 0 Å². The topological polar surface area (TPSA) is 58.2 Å². The van der Waals surface area contributed by atoms with E-state index >= 15 is 0 Å². The van der Waals surface area contributed by atoms with Crippen LogP contribution in [0, 0.1) is 0 Å². The van der Waals surface area contributed by atoms with Crippen molar-refractivity contribution in [3.8, 4) is 0 Å². The second-order valence-electron chi connectivity index (χ2n) is 4.69. The maximum Gasteiger partial charge on any atom is 0.233 e. The number of hydrogen-bond donors (Lipinski definition) is 2. The molecule has 2 N–H and O–H groups in total. The lowest BCUT2D eigenvalue weighted by molar-refractivity contribution is -0.126. The monoisotopic (exact) mass is 370 g/mol. The summed E-state index contributed by atoms with van der Waals surface area (Å²) in [5.74, 6) is -0.897. The molecule has 0 aliphatic heterocycles. The number of anilines is 1. The van der Waals surface area contributed by atoms with E-state index in [0.717, 1.165) is 5.56 Å². The fourth-order valence-corrected chi connectivity index (χ4v) is 2.39. The highest BCUT2D eigenvalue weighted by atomic mass is 35.5. The lowest BCUT2D eigenvalue weighted by Gasteiger charge is -2.09. The first-order chi connectivity index (χ1) is 11.0. The molecule has 0 saturated carbocycles. The molecule has 0 aromatic heterocycles. The Bertz CT molecular complexity index is 735. The predicted molar refractivity (Wildman–Crippen MR) is 93.0 cm³/mol. The number of rotatable bonds is 5. The highest BCUT2D eigenvalue weighted by Gasteiger charge is 2.12. The van der Waals surface area contributed by atoms with Crippen molar-refractivity contribution in [2.75, 3.05) is 5.32 Å². The van der Waals surface area contributed by atoms with E-state index in [1.54, 1.807) is 36.4 Å². The van der Waals surface area contributed by atoms with Gasteiger partial charge < -0.3 is 10.6 Å². The molecule has 0 aliphatic rings. The summed E-state index contributed by atoms with van der Waals surface area (Å²) in [6.07, 6.45) is -0.326. The summed E-state index contributed by atoms with van der Waals surface area (Å²) in [5.41, 5.74) is 1.14. The van der Waals surface area contributed by atoms with Crippen LogP contribution < -0.4 is 10.6 Å². The molecule has 0 heterocycles. The van der Waals surface area contributed by atoms with Gasteiger partial charge in [-0.05, 0) is 23.8 Å². The van der Waals surface area contributed by atoms with Crippen LogP contribution in [0.15, 0.2) is 42.5 Å². The van der Waals surface area contributed by atoms with Crippen LogP contribution in [0.1, 0.15) is 12.0 Å². The van der Waals surface area contributed by atoms with Crippen LogP contribution in [0.2, 0.25) is 15.1 Å². The number of carbonyl (C=O) groups excluding carboxylic acids is 2. The minimum Gasteiger partial charge on any atom is -0.352 e. The van der Waals surface area contributed by atoms with E-state index in [0.29, 0.717) is 15.7 Å². The molecule has 0 atom stereocenters. The highest BCUT2D eigenvalue weighted by Crippen LogP contribution is 2.29. The minimum atomic E-state index is -0.481. The Hall–Kier alpha value is -1.75. The number of carbonyl (C=O) groups is 2.